The number of ether oxygens (including phenoxy) is 1. The summed E-state index contributed by atoms with van der Waals surface area (Å²) in [5.74, 6) is -2.41. The number of anilines is 1. The standard InChI is InChI=1S/C19H16Cl2F3N3O3/c1-10(12-4-3-5-14(8-12)25-18(29)19(22,23)24)26-27-17(28)11(2)30-16-7-6-13(20)9-15(16)21/h3-9,11H,1-2H3,(H,25,29)(H,27,28)/b26-10-. The van der Waals surface area contributed by atoms with E-state index in [2.05, 4.69) is 10.5 Å². The highest BCUT2D eigenvalue weighted by Gasteiger charge is 2.38. The second-order valence-electron chi connectivity index (χ2n) is 6.04. The third-order valence-corrected chi connectivity index (χ3v) is 4.23. The monoisotopic (exact) mass is 461 g/mol. The number of benzene rings is 2. The van der Waals surface area contributed by atoms with Crippen LogP contribution in [0.25, 0.3) is 0 Å². The SMILES string of the molecule is C/C(=N/NC(=O)C(C)Oc1ccc(Cl)cc1Cl)c1cccc(NC(=O)C(F)(F)F)c1. The van der Waals surface area contributed by atoms with E-state index in [4.69, 9.17) is 27.9 Å². The highest BCUT2D eigenvalue weighted by Crippen LogP contribution is 2.28. The molecule has 2 aromatic rings. The molecule has 160 valence electrons. The maximum atomic E-state index is 12.4. The van der Waals surface area contributed by atoms with E-state index in [1.807, 2.05) is 0 Å². The van der Waals surface area contributed by atoms with Crippen LogP contribution < -0.4 is 15.5 Å². The van der Waals surface area contributed by atoms with E-state index in [9.17, 15) is 22.8 Å². The summed E-state index contributed by atoms with van der Waals surface area (Å²) < 4.78 is 42.6. The van der Waals surface area contributed by atoms with E-state index < -0.39 is 24.1 Å². The van der Waals surface area contributed by atoms with Gasteiger partial charge in [-0.1, -0.05) is 35.3 Å². The summed E-state index contributed by atoms with van der Waals surface area (Å²) in [6.45, 7) is 3.02. The molecule has 2 rings (SSSR count). The van der Waals surface area contributed by atoms with Gasteiger partial charge in [0.15, 0.2) is 6.10 Å². The van der Waals surface area contributed by atoms with Crippen LogP contribution in [-0.2, 0) is 9.59 Å². The first-order valence-corrected chi connectivity index (χ1v) is 9.17. The fourth-order valence-electron chi connectivity index (χ4n) is 2.13. The summed E-state index contributed by atoms with van der Waals surface area (Å²) in [4.78, 5) is 23.2. The molecule has 0 aliphatic rings. The van der Waals surface area contributed by atoms with Crippen molar-refractivity contribution in [2.75, 3.05) is 5.32 Å². The number of carbonyl (C=O) groups excluding carboxylic acids is 2. The Morgan fingerprint density at radius 2 is 1.83 bits per heavy atom. The minimum Gasteiger partial charge on any atom is -0.479 e. The van der Waals surface area contributed by atoms with Gasteiger partial charge in [0.05, 0.1) is 10.7 Å². The van der Waals surface area contributed by atoms with E-state index in [1.54, 1.807) is 17.4 Å². The van der Waals surface area contributed by atoms with Crippen molar-refractivity contribution in [2.45, 2.75) is 26.1 Å². The van der Waals surface area contributed by atoms with Gasteiger partial charge in [0.2, 0.25) is 0 Å². The molecule has 30 heavy (non-hydrogen) atoms. The predicted molar refractivity (Wildman–Crippen MR) is 108 cm³/mol. The summed E-state index contributed by atoms with van der Waals surface area (Å²) in [6, 6.07) is 10.1. The summed E-state index contributed by atoms with van der Waals surface area (Å²) in [6.07, 6.45) is -5.95. The molecule has 2 N–H and O–H groups in total. The molecule has 0 spiro atoms. The minimum atomic E-state index is -5.00. The molecule has 1 unspecified atom stereocenters. The molecular formula is C19H16Cl2F3N3O3. The Bertz CT molecular complexity index is 981. The molecule has 0 aliphatic carbocycles. The van der Waals surface area contributed by atoms with Crippen molar-refractivity contribution >= 4 is 46.4 Å². The van der Waals surface area contributed by atoms with Gasteiger partial charge in [-0.15, -0.1) is 0 Å². The van der Waals surface area contributed by atoms with Gasteiger partial charge >= 0.3 is 12.1 Å². The lowest BCUT2D eigenvalue weighted by Gasteiger charge is -2.14. The number of alkyl halides is 3. The molecule has 0 aliphatic heterocycles. The van der Waals surface area contributed by atoms with Crippen LogP contribution in [0.15, 0.2) is 47.6 Å². The third-order valence-electron chi connectivity index (χ3n) is 3.70. The van der Waals surface area contributed by atoms with Crippen molar-refractivity contribution < 1.29 is 27.5 Å². The number of hydrogen-bond acceptors (Lipinski definition) is 4. The quantitative estimate of drug-likeness (QED) is 0.478. The maximum absolute atomic E-state index is 12.4. The zero-order chi connectivity index (χ0) is 22.5. The normalized spacial score (nSPS) is 12.8. The van der Waals surface area contributed by atoms with Crippen molar-refractivity contribution in [3.63, 3.8) is 0 Å². The largest absolute Gasteiger partial charge is 0.479 e. The number of nitrogens with zero attached hydrogens (tertiary/aromatic N) is 1. The Morgan fingerprint density at radius 1 is 1.13 bits per heavy atom. The van der Waals surface area contributed by atoms with Crippen molar-refractivity contribution in [2.24, 2.45) is 5.10 Å². The second-order valence-corrected chi connectivity index (χ2v) is 6.88. The Balaban J connectivity index is 2.02. The lowest BCUT2D eigenvalue weighted by Crippen LogP contribution is -2.34. The van der Waals surface area contributed by atoms with Crippen LogP contribution in [0.1, 0.15) is 19.4 Å². The van der Waals surface area contributed by atoms with Crippen molar-refractivity contribution in [1.82, 2.24) is 5.43 Å². The van der Waals surface area contributed by atoms with Crippen LogP contribution in [0.3, 0.4) is 0 Å². The fourth-order valence-corrected chi connectivity index (χ4v) is 2.59. The number of halogens is 5. The zero-order valence-corrected chi connectivity index (χ0v) is 17.2. The van der Waals surface area contributed by atoms with Crippen molar-refractivity contribution in [3.8, 4) is 5.75 Å². The minimum absolute atomic E-state index is 0.0650. The van der Waals surface area contributed by atoms with Gasteiger partial charge in [0.25, 0.3) is 5.91 Å². The molecule has 0 heterocycles. The summed E-state index contributed by atoms with van der Waals surface area (Å²) in [7, 11) is 0. The first kappa shape index (κ1) is 23.5. The van der Waals surface area contributed by atoms with Gasteiger partial charge in [0, 0.05) is 10.7 Å². The van der Waals surface area contributed by atoms with E-state index in [-0.39, 0.29) is 16.5 Å². The Kier molecular flexibility index (Phi) is 7.69. The average Bonchev–Trinajstić information content (AvgIpc) is 2.67. The van der Waals surface area contributed by atoms with Gasteiger partial charge in [0.1, 0.15) is 5.75 Å². The number of rotatable bonds is 6. The molecule has 0 saturated heterocycles. The number of nitrogens with one attached hydrogen (secondary N) is 2. The van der Waals surface area contributed by atoms with Gasteiger partial charge in [-0.3, -0.25) is 9.59 Å². The van der Waals surface area contributed by atoms with Crippen molar-refractivity contribution in [3.05, 3.63) is 58.1 Å². The Morgan fingerprint density at radius 3 is 2.47 bits per heavy atom. The topological polar surface area (TPSA) is 79.8 Å². The summed E-state index contributed by atoms with van der Waals surface area (Å²) in [5, 5.41) is 6.31. The number of hydrogen-bond donors (Lipinski definition) is 2. The average molecular weight is 462 g/mol. The van der Waals surface area contributed by atoms with Gasteiger partial charge in [-0.2, -0.15) is 18.3 Å². The molecule has 0 aromatic heterocycles. The van der Waals surface area contributed by atoms with Crippen LogP contribution in [0.5, 0.6) is 5.75 Å². The van der Waals surface area contributed by atoms with Crippen molar-refractivity contribution in [1.29, 1.82) is 0 Å². The first-order valence-electron chi connectivity index (χ1n) is 8.42. The molecular weight excluding hydrogens is 446 g/mol. The fraction of sp³-hybridized carbons (Fsp3) is 0.211. The zero-order valence-electron chi connectivity index (χ0n) is 15.7. The highest BCUT2D eigenvalue weighted by molar-refractivity contribution is 6.35. The number of hydrazone groups is 1. The second kappa shape index (κ2) is 9.82. The lowest BCUT2D eigenvalue weighted by molar-refractivity contribution is -0.167. The van der Waals surface area contributed by atoms with E-state index in [1.165, 1.54) is 44.2 Å². The van der Waals surface area contributed by atoms with Crippen LogP contribution in [0, 0.1) is 0 Å². The number of carbonyl (C=O) groups is 2. The van der Waals surface area contributed by atoms with Crippen LogP contribution >= 0.6 is 23.2 Å². The Labute approximate surface area is 180 Å². The predicted octanol–water partition coefficient (Wildman–Crippen LogP) is 4.80. The maximum Gasteiger partial charge on any atom is 0.471 e. The summed E-state index contributed by atoms with van der Waals surface area (Å²) in [5.41, 5.74) is 2.93. The molecule has 11 heteroatoms. The third kappa shape index (κ3) is 6.64. The van der Waals surface area contributed by atoms with Gasteiger partial charge < -0.3 is 10.1 Å². The van der Waals surface area contributed by atoms with E-state index in [0.29, 0.717) is 16.3 Å². The van der Waals surface area contributed by atoms with Crippen LogP contribution in [-0.4, -0.2) is 29.8 Å². The smallest absolute Gasteiger partial charge is 0.471 e. The van der Waals surface area contributed by atoms with Crippen LogP contribution in [0.2, 0.25) is 10.0 Å². The van der Waals surface area contributed by atoms with Crippen LogP contribution in [0.4, 0.5) is 18.9 Å². The number of amides is 2. The van der Waals surface area contributed by atoms with Gasteiger partial charge in [-0.05, 0) is 49.7 Å². The molecule has 0 fully saturated rings. The lowest BCUT2D eigenvalue weighted by atomic mass is 10.1. The molecule has 2 aromatic carbocycles. The molecule has 1 atom stereocenters. The molecule has 6 nitrogen and oxygen atoms in total. The first-order chi connectivity index (χ1) is 14.0. The van der Waals surface area contributed by atoms with Gasteiger partial charge in [-0.25, -0.2) is 5.43 Å². The molecule has 0 saturated carbocycles. The molecule has 2 amide bonds. The molecule has 0 radical (unpaired) electrons. The highest BCUT2D eigenvalue weighted by atomic mass is 35.5. The van der Waals surface area contributed by atoms with E-state index in [0.717, 1.165) is 0 Å². The molecule has 0 bridgehead atoms. The Hall–Kier alpha value is -2.78. The van der Waals surface area contributed by atoms with E-state index >= 15 is 0 Å². The summed E-state index contributed by atoms with van der Waals surface area (Å²) >= 11 is 11.8.